The average molecular weight is 522 g/mol. The van der Waals surface area contributed by atoms with Crippen LogP contribution in [0.1, 0.15) is 32.1 Å². The van der Waals surface area contributed by atoms with Crippen LogP contribution in [0.15, 0.2) is 0 Å². The van der Waals surface area contributed by atoms with Gasteiger partial charge in [0.1, 0.15) is 5.78 Å². The first-order valence-corrected chi connectivity index (χ1v) is 12.6. The molecular weight excluding hydrogens is 490 g/mol. The molecule has 1 aliphatic rings. The number of amides is 2. The smallest absolute Gasteiger partial charge is 0.230 e. The third-order valence-electron chi connectivity index (χ3n) is 4.68. The molecule has 176 valence electrons. The first-order valence-electron chi connectivity index (χ1n) is 10.3. The predicted molar refractivity (Wildman–Crippen MR) is 123 cm³/mol. The largest absolute Gasteiger partial charge is 0.355 e. The molecule has 0 aromatic rings. The SMILES string of the molecule is NCC(=O)[C@@H]1CSCC(=O)CCC(=O)NCN[C@@H](CCCCNC(=O)CBr)C(=O)CN1. The minimum Gasteiger partial charge on any atom is -0.355 e. The lowest BCUT2D eigenvalue weighted by molar-refractivity contribution is -0.125. The van der Waals surface area contributed by atoms with Crippen molar-refractivity contribution in [3.05, 3.63) is 0 Å². The normalized spacial score (nSPS) is 22.2. The molecule has 31 heavy (non-hydrogen) atoms. The van der Waals surface area contributed by atoms with Crippen LogP contribution < -0.4 is 27.0 Å². The van der Waals surface area contributed by atoms with Gasteiger partial charge in [0.2, 0.25) is 11.8 Å². The van der Waals surface area contributed by atoms with Crippen molar-refractivity contribution >= 4 is 56.9 Å². The van der Waals surface area contributed by atoms with Gasteiger partial charge in [-0.2, -0.15) is 11.8 Å². The van der Waals surface area contributed by atoms with Gasteiger partial charge in [-0.1, -0.05) is 15.9 Å². The Balaban J connectivity index is 2.70. The van der Waals surface area contributed by atoms with Crippen LogP contribution in [0.4, 0.5) is 0 Å². The summed E-state index contributed by atoms with van der Waals surface area (Å²) in [6.45, 7) is 0.430. The standard InChI is InChI=1S/C19H32BrN5O5S/c20-7-19(30)22-6-2-1-3-14-17(28)9-23-15(16(27)8-21)11-31-10-13(26)4-5-18(29)25-12-24-14/h14-15,23-24H,1-12,21H2,(H,22,30)(H,25,29)/t14-,15-/m0/s1. The van der Waals surface area contributed by atoms with Crippen molar-refractivity contribution in [2.24, 2.45) is 5.73 Å². The highest BCUT2D eigenvalue weighted by Gasteiger charge is 2.23. The van der Waals surface area contributed by atoms with Crippen LogP contribution in [-0.4, -0.2) is 84.4 Å². The number of carbonyl (C=O) groups is 5. The Hall–Kier alpha value is -1.34. The summed E-state index contributed by atoms with van der Waals surface area (Å²) < 4.78 is 0. The number of nitrogens with two attached hydrogens (primary N) is 1. The van der Waals surface area contributed by atoms with Crippen molar-refractivity contribution in [3.63, 3.8) is 0 Å². The van der Waals surface area contributed by atoms with Gasteiger partial charge in [-0.05, 0) is 19.3 Å². The van der Waals surface area contributed by atoms with Crippen molar-refractivity contribution in [1.29, 1.82) is 0 Å². The second-order valence-electron chi connectivity index (χ2n) is 7.14. The highest BCUT2D eigenvalue weighted by molar-refractivity contribution is 9.09. The molecule has 0 spiro atoms. The molecule has 0 aromatic heterocycles. The number of ketones is 3. The molecule has 0 bridgehead atoms. The van der Waals surface area contributed by atoms with Gasteiger partial charge in [-0.15, -0.1) is 0 Å². The molecule has 0 unspecified atom stereocenters. The Morgan fingerprint density at radius 2 is 1.94 bits per heavy atom. The summed E-state index contributed by atoms with van der Waals surface area (Å²) in [6.07, 6.45) is 2.12. The van der Waals surface area contributed by atoms with E-state index in [9.17, 15) is 24.0 Å². The molecular formula is C19H32BrN5O5S. The molecule has 0 saturated carbocycles. The van der Waals surface area contributed by atoms with Crippen molar-refractivity contribution in [2.45, 2.75) is 44.2 Å². The molecule has 10 nitrogen and oxygen atoms in total. The lowest BCUT2D eigenvalue weighted by Gasteiger charge is -2.21. The summed E-state index contributed by atoms with van der Waals surface area (Å²) in [5.74, 6) is -0.259. The number of alkyl halides is 1. The molecule has 1 saturated heterocycles. The topological polar surface area (TPSA) is 159 Å². The fraction of sp³-hybridized carbons (Fsp3) is 0.737. The van der Waals surface area contributed by atoms with Gasteiger partial charge >= 0.3 is 0 Å². The molecule has 1 heterocycles. The van der Waals surface area contributed by atoms with E-state index in [4.69, 9.17) is 5.73 Å². The van der Waals surface area contributed by atoms with Gasteiger partial charge in [-0.25, -0.2) is 0 Å². The third kappa shape index (κ3) is 12.3. The van der Waals surface area contributed by atoms with E-state index in [0.29, 0.717) is 31.6 Å². The molecule has 0 radical (unpaired) electrons. The highest BCUT2D eigenvalue weighted by atomic mass is 79.9. The van der Waals surface area contributed by atoms with Crippen LogP contribution in [-0.2, 0) is 24.0 Å². The Labute approximate surface area is 195 Å². The van der Waals surface area contributed by atoms with Crippen molar-refractivity contribution in [3.8, 4) is 0 Å². The van der Waals surface area contributed by atoms with Gasteiger partial charge in [0.05, 0.1) is 42.9 Å². The third-order valence-corrected chi connectivity index (χ3v) is 6.28. The maximum Gasteiger partial charge on any atom is 0.230 e. The lowest BCUT2D eigenvalue weighted by atomic mass is 10.0. The molecule has 0 aliphatic carbocycles. The summed E-state index contributed by atoms with van der Waals surface area (Å²) >= 11 is 4.37. The monoisotopic (exact) mass is 521 g/mol. The van der Waals surface area contributed by atoms with E-state index in [1.807, 2.05) is 0 Å². The van der Waals surface area contributed by atoms with E-state index in [-0.39, 0.29) is 72.8 Å². The lowest BCUT2D eigenvalue weighted by Crippen LogP contribution is -2.50. The number of hydrogen-bond acceptors (Lipinski definition) is 9. The number of thioether (sulfide) groups is 1. The number of Topliss-reactive ketones (excluding diaryl/α,β-unsaturated/α-hetero) is 3. The Bertz CT molecular complexity index is 637. The zero-order chi connectivity index (χ0) is 23.1. The predicted octanol–water partition coefficient (Wildman–Crippen LogP) is -1.15. The number of hydrogen-bond donors (Lipinski definition) is 5. The summed E-state index contributed by atoms with van der Waals surface area (Å²) in [7, 11) is 0. The van der Waals surface area contributed by atoms with E-state index < -0.39 is 12.1 Å². The van der Waals surface area contributed by atoms with Crippen LogP contribution in [0.5, 0.6) is 0 Å². The molecule has 6 N–H and O–H groups in total. The average Bonchev–Trinajstić information content (AvgIpc) is 2.77. The summed E-state index contributed by atoms with van der Waals surface area (Å²) in [6, 6.07) is -1.13. The Kier molecular flexibility index (Phi) is 14.6. The second kappa shape index (κ2) is 16.3. The van der Waals surface area contributed by atoms with E-state index in [2.05, 4.69) is 37.2 Å². The first-order chi connectivity index (χ1) is 14.9. The van der Waals surface area contributed by atoms with Crippen LogP contribution in [0.3, 0.4) is 0 Å². The molecule has 0 aromatic carbocycles. The zero-order valence-corrected chi connectivity index (χ0v) is 19.9. The summed E-state index contributed by atoms with van der Waals surface area (Å²) in [5, 5.41) is 11.7. The van der Waals surface area contributed by atoms with Gasteiger partial charge in [0, 0.05) is 25.1 Å². The van der Waals surface area contributed by atoms with E-state index in [0.717, 1.165) is 0 Å². The quantitative estimate of drug-likeness (QED) is 0.196. The first kappa shape index (κ1) is 27.7. The van der Waals surface area contributed by atoms with Gasteiger partial charge in [0.15, 0.2) is 11.6 Å². The van der Waals surface area contributed by atoms with E-state index in [1.54, 1.807) is 0 Å². The molecule has 1 aliphatic heterocycles. The molecule has 1 fully saturated rings. The zero-order valence-electron chi connectivity index (χ0n) is 17.5. The van der Waals surface area contributed by atoms with E-state index >= 15 is 0 Å². The number of rotatable bonds is 8. The second-order valence-corrected chi connectivity index (χ2v) is 8.73. The number of unbranched alkanes of at least 4 members (excludes halogenated alkanes) is 1. The number of carbonyl (C=O) groups excluding carboxylic acids is 5. The maximum atomic E-state index is 12.7. The van der Waals surface area contributed by atoms with Crippen LogP contribution >= 0.6 is 27.7 Å². The Morgan fingerprint density at radius 1 is 1.16 bits per heavy atom. The van der Waals surface area contributed by atoms with Crippen LogP contribution in [0, 0.1) is 0 Å². The van der Waals surface area contributed by atoms with Crippen molar-refractivity contribution < 1.29 is 24.0 Å². The van der Waals surface area contributed by atoms with Crippen LogP contribution in [0.2, 0.25) is 0 Å². The fourth-order valence-corrected chi connectivity index (χ4v) is 4.08. The van der Waals surface area contributed by atoms with Crippen molar-refractivity contribution in [2.75, 3.05) is 43.1 Å². The minimum atomic E-state index is -0.614. The maximum absolute atomic E-state index is 12.7. The highest BCUT2D eigenvalue weighted by Crippen LogP contribution is 2.08. The summed E-state index contributed by atoms with van der Waals surface area (Å²) in [5.41, 5.74) is 5.47. The van der Waals surface area contributed by atoms with E-state index in [1.165, 1.54) is 11.8 Å². The number of nitrogens with one attached hydrogen (secondary N) is 4. The van der Waals surface area contributed by atoms with Gasteiger partial charge < -0.3 is 16.4 Å². The Morgan fingerprint density at radius 3 is 2.65 bits per heavy atom. The van der Waals surface area contributed by atoms with Crippen LogP contribution in [0.25, 0.3) is 0 Å². The van der Waals surface area contributed by atoms with Crippen molar-refractivity contribution in [1.82, 2.24) is 21.3 Å². The molecule has 12 heteroatoms. The minimum absolute atomic E-state index is 0.0309. The molecule has 2 amide bonds. The number of halogens is 1. The molecule has 1 rings (SSSR count). The summed E-state index contributed by atoms with van der Waals surface area (Å²) in [4.78, 5) is 59.9. The molecule has 2 atom stereocenters. The van der Waals surface area contributed by atoms with Gasteiger partial charge in [-0.3, -0.25) is 34.6 Å². The van der Waals surface area contributed by atoms with Gasteiger partial charge in [0.25, 0.3) is 0 Å². The fourth-order valence-electron chi connectivity index (χ4n) is 2.86.